The molecule has 0 saturated carbocycles. The maximum Gasteiger partial charge on any atom is 0.358 e. The number of nitrogens with one attached hydrogen (secondary N) is 1. The SMILES string of the molecule is COC(=O)c1ncsc1S(=O)(=O)NC(C)C(C)C. The summed E-state index contributed by atoms with van der Waals surface area (Å²) in [5.41, 5.74) is 1.13. The van der Waals surface area contributed by atoms with Gasteiger partial charge in [-0.05, 0) is 12.8 Å². The monoisotopic (exact) mass is 292 g/mol. The van der Waals surface area contributed by atoms with Crippen LogP contribution >= 0.6 is 11.3 Å². The van der Waals surface area contributed by atoms with Crippen molar-refractivity contribution in [2.24, 2.45) is 5.92 Å². The second kappa shape index (κ2) is 5.77. The Balaban J connectivity index is 3.06. The van der Waals surface area contributed by atoms with E-state index in [0.29, 0.717) is 0 Å². The quantitative estimate of drug-likeness (QED) is 0.826. The first-order valence-corrected chi connectivity index (χ1v) is 7.70. The highest BCUT2D eigenvalue weighted by Gasteiger charge is 2.28. The van der Waals surface area contributed by atoms with E-state index in [-0.39, 0.29) is 21.9 Å². The molecule has 1 unspecified atom stereocenters. The fraction of sp³-hybridized carbons (Fsp3) is 0.600. The molecule has 0 aromatic carbocycles. The molecule has 0 bridgehead atoms. The number of carbonyl (C=O) groups is 1. The van der Waals surface area contributed by atoms with E-state index in [9.17, 15) is 13.2 Å². The number of aromatic nitrogens is 1. The molecule has 1 heterocycles. The van der Waals surface area contributed by atoms with Gasteiger partial charge in [-0.25, -0.2) is 22.9 Å². The van der Waals surface area contributed by atoms with Crippen LogP contribution in [-0.4, -0.2) is 32.5 Å². The van der Waals surface area contributed by atoms with Gasteiger partial charge in [0.15, 0.2) is 9.90 Å². The average Bonchev–Trinajstić information content (AvgIpc) is 2.76. The van der Waals surface area contributed by atoms with Gasteiger partial charge < -0.3 is 4.74 Å². The van der Waals surface area contributed by atoms with Crippen molar-refractivity contribution >= 4 is 27.3 Å². The largest absolute Gasteiger partial charge is 0.464 e. The van der Waals surface area contributed by atoms with Crippen molar-refractivity contribution in [3.05, 3.63) is 11.2 Å². The zero-order valence-electron chi connectivity index (χ0n) is 10.6. The molecule has 0 aliphatic heterocycles. The number of sulfonamides is 1. The molecule has 102 valence electrons. The normalized spacial score (nSPS) is 13.6. The number of nitrogens with zero attached hydrogens (tertiary/aromatic N) is 1. The molecule has 0 spiro atoms. The lowest BCUT2D eigenvalue weighted by molar-refractivity contribution is 0.0590. The van der Waals surface area contributed by atoms with Crippen LogP contribution in [0.1, 0.15) is 31.3 Å². The van der Waals surface area contributed by atoms with Crippen LogP contribution in [0.3, 0.4) is 0 Å². The van der Waals surface area contributed by atoms with E-state index in [1.807, 2.05) is 13.8 Å². The van der Waals surface area contributed by atoms with Crippen LogP contribution in [0, 0.1) is 5.92 Å². The first kappa shape index (κ1) is 15.1. The molecule has 8 heteroatoms. The van der Waals surface area contributed by atoms with Gasteiger partial charge in [-0.3, -0.25) is 0 Å². The van der Waals surface area contributed by atoms with Crippen molar-refractivity contribution in [3.8, 4) is 0 Å². The molecule has 0 saturated heterocycles. The standard InChI is InChI=1S/C10H16N2O4S2/c1-6(2)7(3)12-18(14,15)10-8(9(13)16-4)11-5-17-10/h5-7,12H,1-4H3. The molecule has 1 atom stereocenters. The summed E-state index contributed by atoms with van der Waals surface area (Å²) < 4.78 is 31.1. The van der Waals surface area contributed by atoms with Crippen molar-refractivity contribution in [2.45, 2.75) is 31.0 Å². The number of carbonyl (C=O) groups excluding carboxylic acids is 1. The zero-order chi connectivity index (χ0) is 13.9. The maximum absolute atomic E-state index is 12.1. The molecule has 0 fully saturated rings. The second-order valence-electron chi connectivity index (χ2n) is 4.13. The predicted octanol–water partition coefficient (Wildman–Crippen LogP) is 1.25. The summed E-state index contributed by atoms with van der Waals surface area (Å²) >= 11 is 0.891. The molecule has 1 N–H and O–H groups in total. The minimum atomic E-state index is -3.74. The Kier molecular flexibility index (Phi) is 4.83. The minimum absolute atomic E-state index is 0.109. The van der Waals surface area contributed by atoms with E-state index >= 15 is 0 Å². The zero-order valence-corrected chi connectivity index (χ0v) is 12.3. The Hall–Kier alpha value is -0.990. The second-order valence-corrected chi connectivity index (χ2v) is 6.90. The third-order valence-electron chi connectivity index (χ3n) is 2.50. The van der Waals surface area contributed by atoms with Crippen molar-refractivity contribution in [3.63, 3.8) is 0 Å². The summed E-state index contributed by atoms with van der Waals surface area (Å²) in [5, 5.41) is 0. The number of ether oxygens (including phenoxy) is 1. The van der Waals surface area contributed by atoms with Gasteiger partial charge in [0.1, 0.15) is 0 Å². The summed E-state index contributed by atoms with van der Waals surface area (Å²) in [5.74, 6) is -0.608. The third-order valence-corrected chi connectivity index (χ3v) is 5.43. The highest BCUT2D eigenvalue weighted by atomic mass is 32.2. The lowest BCUT2D eigenvalue weighted by Gasteiger charge is -2.16. The van der Waals surface area contributed by atoms with E-state index in [1.165, 1.54) is 12.6 Å². The lowest BCUT2D eigenvalue weighted by Crippen LogP contribution is -2.36. The van der Waals surface area contributed by atoms with Gasteiger partial charge in [0.05, 0.1) is 12.6 Å². The van der Waals surface area contributed by atoms with Gasteiger partial charge >= 0.3 is 5.97 Å². The van der Waals surface area contributed by atoms with Crippen LogP contribution in [0.5, 0.6) is 0 Å². The third kappa shape index (κ3) is 3.27. The fourth-order valence-electron chi connectivity index (χ4n) is 1.09. The fourth-order valence-corrected chi connectivity index (χ4v) is 3.63. The molecular formula is C10H16N2O4S2. The van der Waals surface area contributed by atoms with Crippen LogP contribution < -0.4 is 4.72 Å². The van der Waals surface area contributed by atoms with Crippen LogP contribution in [0.25, 0.3) is 0 Å². The van der Waals surface area contributed by atoms with E-state index < -0.39 is 16.0 Å². The van der Waals surface area contributed by atoms with Gasteiger partial charge in [0.25, 0.3) is 10.0 Å². The summed E-state index contributed by atoms with van der Waals surface area (Å²) in [4.78, 5) is 15.1. The number of thiazole rings is 1. The summed E-state index contributed by atoms with van der Waals surface area (Å²) in [6.45, 7) is 5.57. The Morgan fingerprint density at radius 1 is 1.44 bits per heavy atom. The molecule has 18 heavy (non-hydrogen) atoms. The molecule has 0 aliphatic carbocycles. The molecule has 1 rings (SSSR count). The van der Waals surface area contributed by atoms with E-state index in [0.717, 1.165) is 11.3 Å². The molecule has 0 aliphatic rings. The average molecular weight is 292 g/mol. The Morgan fingerprint density at radius 3 is 2.56 bits per heavy atom. The van der Waals surface area contributed by atoms with Crippen LogP contribution in [0.2, 0.25) is 0 Å². The van der Waals surface area contributed by atoms with Gasteiger partial charge in [-0.2, -0.15) is 0 Å². The number of hydrogen-bond donors (Lipinski definition) is 1. The van der Waals surface area contributed by atoms with E-state index in [2.05, 4.69) is 14.4 Å². The van der Waals surface area contributed by atoms with E-state index in [4.69, 9.17) is 0 Å². The summed E-state index contributed by atoms with van der Waals surface area (Å²) in [6.07, 6.45) is 0. The van der Waals surface area contributed by atoms with Crippen LogP contribution in [0.4, 0.5) is 0 Å². The molecule has 1 aromatic rings. The number of hydrogen-bond acceptors (Lipinski definition) is 6. The van der Waals surface area contributed by atoms with Gasteiger partial charge in [-0.1, -0.05) is 13.8 Å². The number of esters is 1. The molecule has 1 aromatic heterocycles. The Bertz CT molecular complexity index is 522. The van der Waals surface area contributed by atoms with Crippen molar-refractivity contribution in [1.82, 2.24) is 9.71 Å². The lowest BCUT2D eigenvalue weighted by atomic mass is 10.1. The van der Waals surface area contributed by atoms with Crippen molar-refractivity contribution in [1.29, 1.82) is 0 Å². The summed E-state index contributed by atoms with van der Waals surface area (Å²) in [7, 11) is -2.56. The highest BCUT2D eigenvalue weighted by Crippen LogP contribution is 2.21. The molecule has 0 radical (unpaired) electrons. The van der Waals surface area contributed by atoms with Crippen LogP contribution in [-0.2, 0) is 14.8 Å². The van der Waals surface area contributed by atoms with Gasteiger partial charge in [0, 0.05) is 6.04 Å². The smallest absolute Gasteiger partial charge is 0.358 e. The first-order valence-electron chi connectivity index (χ1n) is 5.33. The van der Waals surface area contributed by atoms with Gasteiger partial charge in [-0.15, -0.1) is 11.3 Å². The van der Waals surface area contributed by atoms with Crippen molar-refractivity contribution < 1.29 is 17.9 Å². The topological polar surface area (TPSA) is 85.4 Å². The first-order chi connectivity index (χ1) is 8.29. The molecule has 0 amide bonds. The Morgan fingerprint density at radius 2 is 2.06 bits per heavy atom. The maximum atomic E-state index is 12.1. The number of methoxy groups -OCH3 is 1. The summed E-state index contributed by atoms with van der Waals surface area (Å²) in [6, 6.07) is -0.234. The molecule has 6 nitrogen and oxygen atoms in total. The van der Waals surface area contributed by atoms with Crippen molar-refractivity contribution in [2.75, 3.05) is 7.11 Å². The minimum Gasteiger partial charge on any atom is -0.464 e. The Labute approximate surface area is 110 Å². The van der Waals surface area contributed by atoms with Crippen LogP contribution in [0.15, 0.2) is 9.72 Å². The predicted molar refractivity (Wildman–Crippen MR) is 68.1 cm³/mol. The highest BCUT2D eigenvalue weighted by molar-refractivity contribution is 7.91. The van der Waals surface area contributed by atoms with E-state index in [1.54, 1.807) is 6.92 Å². The molecular weight excluding hydrogens is 276 g/mol. The number of rotatable bonds is 5. The van der Waals surface area contributed by atoms with Gasteiger partial charge in [0.2, 0.25) is 0 Å².